The Kier molecular flexibility index (Phi) is 3.80. The van der Waals surface area contributed by atoms with Crippen LogP contribution in [0.25, 0.3) is 0 Å². The van der Waals surface area contributed by atoms with Gasteiger partial charge in [-0.25, -0.2) is 0 Å². The summed E-state index contributed by atoms with van der Waals surface area (Å²) in [7, 11) is 1.53. The van der Waals surface area contributed by atoms with E-state index < -0.39 is 5.41 Å². The summed E-state index contributed by atoms with van der Waals surface area (Å²) in [5.41, 5.74) is 2.65. The molecule has 0 N–H and O–H groups in total. The van der Waals surface area contributed by atoms with Gasteiger partial charge in [0.1, 0.15) is 0 Å². The zero-order valence-corrected chi connectivity index (χ0v) is 17.1. The Morgan fingerprint density at radius 2 is 1.17 bits per heavy atom. The topological polar surface area (TPSA) is 26.3 Å². The number of ether oxygens (including phenoxy) is 1. The van der Waals surface area contributed by atoms with E-state index >= 15 is 0 Å². The van der Waals surface area contributed by atoms with E-state index in [1.54, 1.807) is 0 Å². The van der Waals surface area contributed by atoms with Crippen molar-refractivity contribution < 1.29 is 9.53 Å². The average Bonchev–Trinajstić information content (AvgIpc) is 3.13. The van der Waals surface area contributed by atoms with Crippen molar-refractivity contribution in [3.8, 4) is 0 Å². The maximum atomic E-state index is 13.5. The normalized spacial score (nSPS) is 31.3. The second-order valence-electron chi connectivity index (χ2n) is 8.88. The van der Waals surface area contributed by atoms with Crippen molar-refractivity contribution in [2.75, 3.05) is 7.11 Å². The van der Waals surface area contributed by atoms with Crippen LogP contribution in [0.15, 0.2) is 91.0 Å². The average molecular weight is 383 g/mol. The third-order valence-corrected chi connectivity index (χ3v) is 7.85. The molecule has 146 valence electrons. The van der Waals surface area contributed by atoms with Gasteiger partial charge < -0.3 is 4.74 Å². The minimum Gasteiger partial charge on any atom is -0.469 e. The minimum atomic E-state index is -0.571. The molecule has 2 heteroatoms. The summed E-state index contributed by atoms with van der Waals surface area (Å²) in [5, 5.41) is 0. The fraction of sp³-hybridized carbons (Fsp3) is 0.296. The van der Waals surface area contributed by atoms with Gasteiger partial charge in [0.05, 0.1) is 12.5 Å². The molecule has 0 heterocycles. The highest BCUT2D eigenvalue weighted by atomic mass is 16.5. The first-order valence-electron chi connectivity index (χ1n) is 10.3. The van der Waals surface area contributed by atoms with Crippen molar-refractivity contribution in [2.24, 2.45) is 10.8 Å². The highest BCUT2D eigenvalue weighted by Crippen LogP contribution is 2.97. The standard InChI is InChI=1S/C27H26O2/c1-25(2)26(21-17-11-6-12-18-21)22(19-13-7-4-8-14-19)23(20-15-9-5-10-16-20)27(25,26)24(28)29-3/h4-18,22-23H,1-3H3/t22-,23-,26+,27+/m1/s1. The maximum absolute atomic E-state index is 13.5. The molecule has 2 fully saturated rings. The second-order valence-corrected chi connectivity index (χ2v) is 8.88. The number of hydrogen-bond acceptors (Lipinski definition) is 2. The predicted molar refractivity (Wildman–Crippen MR) is 115 cm³/mol. The predicted octanol–water partition coefficient (Wildman–Crippen LogP) is 5.70. The summed E-state index contributed by atoms with van der Waals surface area (Å²) in [6.07, 6.45) is 0. The molecule has 2 aliphatic rings. The summed E-state index contributed by atoms with van der Waals surface area (Å²) < 4.78 is 5.48. The van der Waals surface area contributed by atoms with Gasteiger partial charge >= 0.3 is 5.97 Å². The van der Waals surface area contributed by atoms with Crippen molar-refractivity contribution in [3.63, 3.8) is 0 Å². The van der Waals surface area contributed by atoms with Crippen molar-refractivity contribution in [1.29, 1.82) is 0 Å². The first-order chi connectivity index (χ1) is 14.0. The molecule has 29 heavy (non-hydrogen) atoms. The Morgan fingerprint density at radius 1 is 0.724 bits per heavy atom. The van der Waals surface area contributed by atoms with Crippen LogP contribution in [-0.2, 0) is 14.9 Å². The molecule has 3 aromatic rings. The molecule has 5 rings (SSSR count). The van der Waals surface area contributed by atoms with Crippen LogP contribution in [0.4, 0.5) is 0 Å². The van der Waals surface area contributed by atoms with Crippen LogP contribution in [0.3, 0.4) is 0 Å². The number of benzene rings is 3. The van der Waals surface area contributed by atoms with Crippen LogP contribution < -0.4 is 0 Å². The fourth-order valence-corrected chi connectivity index (χ4v) is 6.99. The number of carbonyl (C=O) groups is 1. The van der Waals surface area contributed by atoms with Gasteiger partial charge in [-0.05, 0) is 22.1 Å². The zero-order chi connectivity index (χ0) is 20.3. The Labute approximate surface area is 172 Å². The summed E-state index contributed by atoms with van der Waals surface area (Å²) in [4.78, 5) is 13.5. The van der Waals surface area contributed by atoms with Gasteiger partial charge in [-0.3, -0.25) is 4.79 Å². The smallest absolute Gasteiger partial charge is 0.313 e. The lowest BCUT2D eigenvalue weighted by atomic mass is 9.51. The lowest BCUT2D eigenvalue weighted by molar-refractivity contribution is -0.154. The highest BCUT2D eigenvalue weighted by molar-refractivity contribution is 5.93. The molecular weight excluding hydrogens is 356 g/mol. The summed E-state index contributed by atoms with van der Waals surface area (Å²) in [6.45, 7) is 4.49. The van der Waals surface area contributed by atoms with Crippen molar-refractivity contribution in [3.05, 3.63) is 108 Å². The molecule has 0 unspecified atom stereocenters. The summed E-state index contributed by atoms with van der Waals surface area (Å²) in [5.74, 6) is 0.198. The Morgan fingerprint density at radius 3 is 1.66 bits per heavy atom. The van der Waals surface area contributed by atoms with E-state index in [0.717, 1.165) is 0 Å². The van der Waals surface area contributed by atoms with Crippen LogP contribution in [0.1, 0.15) is 42.4 Å². The Bertz CT molecular complexity index is 1040. The van der Waals surface area contributed by atoms with Gasteiger partial charge in [0, 0.05) is 17.3 Å². The van der Waals surface area contributed by atoms with E-state index in [4.69, 9.17) is 4.74 Å². The van der Waals surface area contributed by atoms with Gasteiger partial charge in [-0.15, -0.1) is 0 Å². The van der Waals surface area contributed by atoms with Gasteiger partial charge in [-0.1, -0.05) is 105 Å². The van der Waals surface area contributed by atoms with Crippen molar-refractivity contribution in [2.45, 2.75) is 31.1 Å². The molecule has 0 saturated heterocycles. The molecule has 0 aromatic heterocycles. The van der Waals surface area contributed by atoms with Gasteiger partial charge in [0.15, 0.2) is 0 Å². The number of carbonyl (C=O) groups excluding carboxylic acids is 1. The molecule has 2 aliphatic carbocycles. The SMILES string of the molecule is COC(=O)[C@]12[C@H](c3ccccc3)[C@@H](c3ccccc3)[C@@]1(c1ccccc1)C2(C)C. The van der Waals surface area contributed by atoms with E-state index in [0.29, 0.717) is 0 Å². The highest BCUT2D eigenvalue weighted by Gasteiger charge is 2.99. The summed E-state index contributed by atoms with van der Waals surface area (Å²) >= 11 is 0. The first-order valence-corrected chi connectivity index (χ1v) is 10.3. The monoisotopic (exact) mass is 382 g/mol. The molecule has 0 amide bonds. The van der Waals surface area contributed by atoms with E-state index in [1.807, 2.05) is 12.1 Å². The van der Waals surface area contributed by atoms with Crippen LogP contribution in [0, 0.1) is 10.8 Å². The van der Waals surface area contributed by atoms with Crippen LogP contribution in [-0.4, -0.2) is 13.1 Å². The van der Waals surface area contributed by atoms with Crippen LogP contribution in [0.2, 0.25) is 0 Å². The number of hydrogen-bond donors (Lipinski definition) is 0. The van der Waals surface area contributed by atoms with E-state index in [1.165, 1.54) is 23.8 Å². The van der Waals surface area contributed by atoms with E-state index in [-0.39, 0.29) is 28.6 Å². The molecule has 0 aliphatic heterocycles. The lowest BCUT2D eigenvalue weighted by Gasteiger charge is -2.50. The van der Waals surface area contributed by atoms with E-state index in [2.05, 4.69) is 92.7 Å². The molecule has 0 radical (unpaired) electrons. The van der Waals surface area contributed by atoms with Crippen molar-refractivity contribution >= 4 is 5.97 Å². The largest absolute Gasteiger partial charge is 0.469 e. The molecular formula is C27H26O2. The molecule has 2 nitrogen and oxygen atoms in total. The van der Waals surface area contributed by atoms with Gasteiger partial charge in [0.25, 0.3) is 0 Å². The Balaban J connectivity index is 1.81. The lowest BCUT2D eigenvalue weighted by Crippen LogP contribution is -2.50. The van der Waals surface area contributed by atoms with Crippen LogP contribution >= 0.6 is 0 Å². The molecule has 3 aromatic carbocycles. The number of methoxy groups -OCH3 is 1. The number of esters is 1. The number of rotatable bonds is 4. The molecule has 2 saturated carbocycles. The third-order valence-electron chi connectivity index (χ3n) is 7.85. The maximum Gasteiger partial charge on any atom is 0.313 e. The van der Waals surface area contributed by atoms with E-state index in [9.17, 15) is 4.79 Å². The zero-order valence-electron chi connectivity index (χ0n) is 17.1. The molecule has 0 bridgehead atoms. The van der Waals surface area contributed by atoms with Crippen molar-refractivity contribution in [1.82, 2.24) is 0 Å². The molecule has 0 spiro atoms. The number of fused-ring (bicyclic) bond motifs is 1. The van der Waals surface area contributed by atoms with Gasteiger partial charge in [-0.2, -0.15) is 0 Å². The minimum absolute atomic E-state index is 0.0776. The molecule has 4 atom stereocenters. The summed E-state index contributed by atoms with van der Waals surface area (Å²) in [6, 6.07) is 31.7. The first kappa shape index (κ1) is 18.2. The van der Waals surface area contributed by atoms with Crippen LogP contribution in [0.5, 0.6) is 0 Å². The quantitative estimate of drug-likeness (QED) is 0.541. The second kappa shape index (κ2) is 6.06. The third kappa shape index (κ3) is 1.90. The van der Waals surface area contributed by atoms with Gasteiger partial charge in [0.2, 0.25) is 0 Å². The fourth-order valence-electron chi connectivity index (χ4n) is 6.99. The Hall–Kier alpha value is -2.87.